The highest BCUT2D eigenvalue weighted by atomic mass is 32.2. The van der Waals surface area contributed by atoms with Crippen molar-refractivity contribution < 1.29 is 10.3 Å². The fourth-order valence-electron chi connectivity index (χ4n) is 1.62. The summed E-state index contributed by atoms with van der Waals surface area (Å²) in [7, 11) is 0. The number of pyridine rings is 1. The first-order valence-corrected chi connectivity index (χ1v) is 7.21. The third kappa shape index (κ3) is 4.70. The molecule has 7 heteroatoms. The molecule has 1 aromatic heterocycles. The van der Waals surface area contributed by atoms with Crippen LogP contribution in [-0.4, -0.2) is 45.3 Å². The van der Waals surface area contributed by atoms with Crippen LogP contribution in [0.5, 0.6) is 0 Å². The summed E-state index contributed by atoms with van der Waals surface area (Å²) in [6, 6.07) is 3.81. The number of rotatable bonds is 7. The molecule has 1 rings (SSSR count). The standard InChI is InChI=1S/C12H20N4O2S/c1-8(11(7-17)19-2)15-6-9-3-4-14-10(5-9)12(13)16-18/h3-5,8,11,15,17-18H,6-7H2,1-2H3,(H2,13,16). The fraction of sp³-hybridized carbons (Fsp3) is 0.500. The number of nitrogens with zero attached hydrogens (tertiary/aromatic N) is 2. The van der Waals surface area contributed by atoms with Gasteiger partial charge in [-0.25, -0.2) is 0 Å². The smallest absolute Gasteiger partial charge is 0.188 e. The monoisotopic (exact) mass is 284 g/mol. The van der Waals surface area contributed by atoms with E-state index in [0.717, 1.165) is 5.56 Å². The number of amidine groups is 1. The molecule has 5 N–H and O–H groups in total. The second kappa shape index (κ2) is 7.98. The predicted molar refractivity (Wildman–Crippen MR) is 77.4 cm³/mol. The highest BCUT2D eigenvalue weighted by molar-refractivity contribution is 7.99. The number of aromatic nitrogens is 1. The second-order valence-corrected chi connectivity index (χ2v) is 5.24. The first kappa shape index (κ1) is 15.7. The first-order chi connectivity index (χ1) is 9.12. The van der Waals surface area contributed by atoms with E-state index < -0.39 is 0 Å². The molecule has 0 aliphatic heterocycles. The highest BCUT2D eigenvalue weighted by Gasteiger charge is 2.14. The van der Waals surface area contributed by atoms with E-state index in [-0.39, 0.29) is 23.7 Å². The van der Waals surface area contributed by atoms with E-state index in [1.807, 2.05) is 19.2 Å². The van der Waals surface area contributed by atoms with E-state index in [0.29, 0.717) is 12.2 Å². The van der Waals surface area contributed by atoms with Crippen molar-refractivity contribution in [1.82, 2.24) is 10.3 Å². The molecule has 0 spiro atoms. The third-order valence-corrected chi connectivity index (χ3v) is 4.03. The molecule has 1 aromatic rings. The fourth-order valence-corrected chi connectivity index (χ4v) is 2.28. The molecule has 0 radical (unpaired) electrons. The Labute approximate surface area is 117 Å². The lowest BCUT2D eigenvalue weighted by molar-refractivity contribution is 0.276. The number of hydrogen-bond donors (Lipinski definition) is 4. The predicted octanol–water partition coefficient (Wildman–Crippen LogP) is 0.378. The summed E-state index contributed by atoms with van der Waals surface area (Å²) in [5.74, 6) is -0.00718. The Morgan fingerprint density at radius 1 is 1.63 bits per heavy atom. The van der Waals surface area contributed by atoms with Crippen molar-refractivity contribution in [2.75, 3.05) is 12.9 Å². The third-order valence-electron chi connectivity index (χ3n) is 2.86. The van der Waals surface area contributed by atoms with Crippen molar-refractivity contribution in [3.63, 3.8) is 0 Å². The van der Waals surface area contributed by atoms with E-state index in [1.54, 1.807) is 24.0 Å². The van der Waals surface area contributed by atoms with Gasteiger partial charge in [0.1, 0.15) is 5.69 Å². The van der Waals surface area contributed by atoms with Crippen molar-refractivity contribution in [1.29, 1.82) is 0 Å². The summed E-state index contributed by atoms with van der Waals surface area (Å²) >= 11 is 1.63. The van der Waals surface area contributed by atoms with Crippen LogP contribution in [0.1, 0.15) is 18.2 Å². The van der Waals surface area contributed by atoms with Crippen molar-refractivity contribution >= 4 is 17.6 Å². The van der Waals surface area contributed by atoms with Crippen molar-refractivity contribution in [2.24, 2.45) is 10.9 Å². The molecule has 0 aliphatic carbocycles. The Hall–Kier alpha value is -1.31. The van der Waals surface area contributed by atoms with Gasteiger partial charge in [-0.15, -0.1) is 0 Å². The van der Waals surface area contributed by atoms with E-state index in [2.05, 4.69) is 15.5 Å². The number of nitrogens with one attached hydrogen (secondary N) is 1. The van der Waals surface area contributed by atoms with Crippen LogP contribution in [0.15, 0.2) is 23.5 Å². The van der Waals surface area contributed by atoms with E-state index in [9.17, 15) is 5.11 Å². The largest absolute Gasteiger partial charge is 0.409 e. The van der Waals surface area contributed by atoms with Gasteiger partial charge in [0.2, 0.25) is 0 Å². The summed E-state index contributed by atoms with van der Waals surface area (Å²) in [4.78, 5) is 4.02. The van der Waals surface area contributed by atoms with Gasteiger partial charge < -0.3 is 21.4 Å². The number of nitrogens with two attached hydrogens (primary N) is 1. The van der Waals surface area contributed by atoms with Gasteiger partial charge in [0.15, 0.2) is 5.84 Å². The van der Waals surface area contributed by atoms with Gasteiger partial charge in [0.25, 0.3) is 0 Å². The molecule has 1 heterocycles. The molecular weight excluding hydrogens is 264 g/mol. The lowest BCUT2D eigenvalue weighted by atomic mass is 10.2. The van der Waals surface area contributed by atoms with Crippen LogP contribution in [0.25, 0.3) is 0 Å². The molecule has 0 fully saturated rings. The summed E-state index contributed by atoms with van der Waals surface area (Å²) in [5, 5.41) is 24.2. The first-order valence-electron chi connectivity index (χ1n) is 5.92. The highest BCUT2D eigenvalue weighted by Crippen LogP contribution is 2.11. The SMILES string of the molecule is CSC(CO)C(C)NCc1ccnc(/C(N)=N/O)c1. The molecule has 0 saturated carbocycles. The Bertz CT molecular complexity index is 424. The van der Waals surface area contributed by atoms with E-state index in [1.165, 1.54) is 0 Å². The maximum absolute atomic E-state index is 9.21. The van der Waals surface area contributed by atoms with Crippen LogP contribution in [-0.2, 0) is 6.54 Å². The lowest BCUT2D eigenvalue weighted by Crippen LogP contribution is -2.37. The Kier molecular flexibility index (Phi) is 6.61. The molecule has 0 bridgehead atoms. The normalized spacial score (nSPS) is 15.2. The zero-order valence-corrected chi connectivity index (χ0v) is 11.9. The zero-order valence-electron chi connectivity index (χ0n) is 11.1. The van der Waals surface area contributed by atoms with Gasteiger partial charge in [-0.1, -0.05) is 5.16 Å². The maximum atomic E-state index is 9.21. The van der Waals surface area contributed by atoms with Crippen LogP contribution >= 0.6 is 11.8 Å². The Balaban J connectivity index is 2.63. The summed E-state index contributed by atoms with van der Waals surface area (Å²) in [6.45, 7) is 2.80. The average molecular weight is 284 g/mol. The summed E-state index contributed by atoms with van der Waals surface area (Å²) < 4.78 is 0. The average Bonchev–Trinajstić information content (AvgIpc) is 2.45. The molecule has 0 aliphatic rings. The summed E-state index contributed by atoms with van der Waals surface area (Å²) in [5.41, 5.74) is 6.92. The minimum absolute atomic E-state index is 0.00718. The van der Waals surface area contributed by atoms with E-state index in [4.69, 9.17) is 10.9 Å². The van der Waals surface area contributed by atoms with Gasteiger partial charge in [-0.3, -0.25) is 4.98 Å². The van der Waals surface area contributed by atoms with Gasteiger partial charge >= 0.3 is 0 Å². The Morgan fingerprint density at radius 3 is 2.95 bits per heavy atom. The minimum atomic E-state index is -0.00718. The molecule has 2 unspecified atom stereocenters. The van der Waals surface area contributed by atoms with Gasteiger partial charge in [0, 0.05) is 24.0 Å². The molecule has 6 nitrogen and oxygen atoms in total. The lowest BCUT2D eigenvalue weighted by Gasteiger charge is -2.21. The van der Waals surface area contributed by atoms with Crippen LogP contribution in [0.2, 0.25) is 0 Å². The van der Waals surface area contributed by atoms with Crippen LogP contribution in [0.4, 0.5) is 0 Å². The molecular formula is C12H20N4O2S. The van der Waals surface area contributed by atoms with Gasteiger partial charge in [-0.05, 0) is 30.9 Å². The topological polar surface area (TPSA) is 104 Å². The quantitative estimate of drug-likeness (QED) is 0.250. The van der Waals surface area contributed by atoms with Crippen molar-refractivity contribution in [3.05, 3.63) is 29.6 Å². The Morgan fingerprint density at radius 2 is 2.37 bits per heavy atom. The molecule has 0 saturated heterocycles. The number of aliphatic hydroxyl groups excluding tert-OH is 1. The van der Waals surface area contributed by atoms with Crippen molar-refractivity contribution in [3.8, 4) is 0 Å². The van der Waals surface area contributed by atoms with Crippen LogP contribution in [0.3, 0.4) is 0 Å². The minimum Gasteiger partial charge on any atom is -0.409 e. The van der Waals surface area contributed by atoms with Crippen LogP contribution < -0.4 is 11.1 Å². The number of thioether (sulfide) groups is 1. The summed E-state index contributed by atoms with van der Waals surface area (Å²) in [6.07, 6.45) is 3.59. The second-order valence-electron chi connectivity index (χ2n) is 4.16. The molecule has 2 atom stereocenters. The van der Waals surface area contributed by atoms with Gasteiger partial charge in [0.05, 0.1) is 6.61 Å². The zero-order chi connectivity index (χ0) is 14.3. The molecule has 0 amide bonds. The van der Waals surface area contributed by atoms with Crippen molar-refractivity contribution in [2.45, 2.75) is 24.8 Å². The van der Waals surface area contributed by atoms with Crippen LogP contribution in [0, 0.1) is 0 Å². The molecule has 106 valence electrons. The van der Waals surface area contributed by atoms with Gasteiger partial charge in [-0.2, -0.15) is 11.8 Å². The molecule has 0 aromatic carbocycles. The number of aliphatic hydroxyl groups is 1. The molecule has 19 heavy (non-hydrogen) atoms. The van der Waals surface area contributed by atoms with E-state index >= 15 is 0 Å². The number of oxime groups is 1. The number of hydrogen-bond acceptors (Lipinski definition) is 6. The maximum Gasteiger partial charge on any atom is 0.188 e.